The van der Waals surface area contributed by atoms with Crippen LogP contribution in [-0.4, -0.2) is 25.8 Å². The van der Waals surface area contributed by atoms with Crippen LogP contribution in [-0.2, 0) is 9.47 Å². The molecule has 0 aromatic heterocycles. The number of hydrogen-bond donors (Lipinski definition) is 0. The minimum atomic E-state index is -0.332. The maximum Gasteiger partial charge on any atom is 0.199 e. The second-order valence-electron chi connectivity index (χ2n) is 6.69. The summed E-state index contributed by atoms with van der Waals surface area (Å²) in [6.07, 6.45) is 5.43. The zero-order valence-corrected chi connectivity index (χ0v) is 15.8. The maximum absolute atomic E-state index is 13.2. The molecule has 2 aromatic carbocycles. The van der Waals surface area contributed by atoms with Crippen molar-refractivity contribution in [1.82, 2.24) is 0 Å². The van der Waals surface area contributed by atoms with Crippen molar-refractivity contribution >= 4 is 0 Å². The van der Waals surface area contributed by atoms with Crippen molar-refractivity contribution in [1.29, 1.82) is 0 Å². The molecule has 0 saturated carbocycles. The lowest BCUT2D eigenvalue weighted by Gasteiger charge is -2.23. The number of hydrogen-bond acceptors (Lipinski definition) is 4. The lowest BCUT2D eigenvalue weighted by molar-refractivity contribution is -0.107. The van der Waals surface area contributed by atoms with Gasteiger partial charge in [-0.25, -0.2) is 8.78 Å². The molecule has 4 rings (SSSR count). The quantitative estimate of drug-likeness (QED) is 0.692. The Morgan fingerprint density at radius 3 is 1.43 bits per heavy atom. The predicted octanol–water partition coefficient (Wildman–Crippen LogP) is 5.46. The smallest absolute Gasteiger partial charge is 0.199 e. The van der Waals surface area contributed by atoms with Gasteiger partial charge in [-0.3, -0.25) is 0 Å². The van der Waals surface area contributed by atoms with Crippen molar-refractivity contribution in [3.05, 3.63) is 60.2 Å². The molecule has 2 atom stereocenters. The molecule has 0 spiro atoms. The third kappa shape index (κ3) is 6.46. The summed E-state index contributed by atoms with van der Waals surface area (Å²) in [5, 5.41) is 0. The Bertz CT molecular complexity index is 652. The molecule has 0 amide bonds. The lowest BCUT2D eigenvalue weighted by atomic mass is 10.2. The van der Waals surface area contributed by atoms with E-state index in [1.165, 1.54) is 12.1 Å². The summed E-state index contributed by atoms with van der Waals surface area (Å²) in [6, 6.07) is 12.8. The van der Waals surface area contributed by atoms with Gasteiger partial charge in [0.1, 0.15) is 0 Å². The van der Waals surface area contributed by atoms with Gasteiger partial charge in [0, 0.05) is 12.8 Å². The van der Waals surface area contributed by atoms with E-state index >= 15 is 0 Å². The van der Waals surface area contributed by atoms with Crippen LogP contribution in [0.3, 0.4) is 0 Å². The van der Waals surface area contributed by atoms with E-state index in [0.717, 1.165) is 38.5 Å². The largest absolute Gasteiger partial charge is 0.462 e. The summed E-state index contributed by atoms with van der Waals surface area (Å²) in [5.41, 5.74) is 0. The van der Waals surface area contributed by atoms with Gasteiger partial charge < -0.3 is 18.9 Å². The molecule has 2 heterocycles. The van der Waals surface area contributed by atoms with E-state index in [2.05, 4.69) is 0 Å². The minimum absolute atomic E-state index is 0.277. The molecule has 2 unspecified atom stereocenters. The van der Waals surface area contributed by atoms with Crippen LogP contribution in [0.25, 0.3) is 0 Å². The summed E-state index contributed by atoms with van der Waals surface area (Å²) in [4.78, 5) is 0. The third-order valence-corrected chi connectivity index (χ3v) is 4.47. The van der Waals surface area contributed by atoms with Crippen molar-refractivity contribution in [2.45, 2.75) is 51.1 Å². The molecule has 0 radical (unpaired) electrons. The van der Waals surface area contributed by atoms with E-state index in [-0.39, 0.29) is 35.7 Å². The molecule has 2 aliphatic heterocycles. The van der Waals surface area contributed by atoms with Gasteiger partial charge >= 0.3 is 0 Å². The average Bonchev–Trinajstić information content (AvgIpc) is 2.74. The minimum Gasteiger partial charge on any atom is -0.462 e. The third-order valence-electron chi connectivity index (χ3n) is 4.47. The average molecular weight is 392 g/mol. The Morgan fingerprint density at radius 1 is 0.643 bits per heavy atom. The summed E-state index contributed by atoms with van der Waals surface area (Å²) in [6.45, 7) is 1.41. The molecule has 28 heavy (non-hydrogen) atoms. The topological polar surface area (TPSA) is 36.9 Å². The predicted molar refractivity (Wildman–Crippen MR) is 101 cm³/mol. The summed E-state index contributed by atoms with van der Waals surface area (Å²) in [7, 11) is 0. The Labute approximate surface area is 164 Å². The van der Waals surface area contributed by atoms with Gasteiger partial charge in [0.2, 0.25) is 0 Å². The fourth-order valence-electron chi connectivity index (χ4n) is 2.97. The van der Waals surface area contributed by atoms with E-state index in [4.69, 9.17) is 18.9 Å². The molecular formula is C22H26F2O4. The molecule has 2 aromatic rings. The molecule has 2 fully saturated rings. The Hall–Kier alpha value is -2.18. The monoisotopic (exact) mass is 392 g/mol. The molecule has 2 saturated heterocycles. The number of ether oxygens (including phenoxy) is 4. The Kier molecular flexibility index (Phi) is 8.06. The van der Waals surface area contributed by atoms with Gasteiger partial charge in [-0.1, -0.05) is 24.3 Å². The van der Waals surface area contributed by atoms with E-state index in [9.17, 15) is 8.78 Å². The van der Waals surface area contributed by atoms with Crippen molar-refractivity contribution in [3.63, 3.8) is 0 Å². The SMILES string of the molecule is Fc1ccccc1OC1CCCCO1.Fc1ccccc1OC1CCCCO1. The number of halogens is 2. The Balaban J connectivity index is 0.000000161. The fraction of sp³-hybridized carbons (Fsp3) is 0.455. The maximum atomic E-state index is 13.2. The van der Waals surface area contributed by atoms with Crippen LogP contribution in [0.4, 0.5) is 8.78 Å². The van der Waals surface area contributed by atoms with E-state index in [1.54, 1.807) is 36.4 Å². The van der Waals surface area contributed by atoms with Crippen LogP contribution in [0.2, 0.25) is 0 Å². The number of para-hydroxylation sites is 2. The van der Waals surface area contributed by atoms with Gasteiger partial charge in [0.25, 0.3) is 0 Å². The molecule has 4 nitrogen and oxygen atoms in total. The van der Waals surface area contributed by atoms with E-state index in [0.29, 0.717) is 13.2 Å². The number of rotatable bonds is 4. The molecular weight excluding hydrogens is 366 g/mol. The molecule has 0 N–H and O–H groups in total. The fourth-order valence-corrected chi connectivity index (χ4v) is 2.97. The second-order valence-corrected chi connectivity index (χ2v) is 6.69. The van der Waals surface area contributed by atoms with E-state index < -0.39 is 0 Å². The first-order valence-corrected chi connectivity index (χ1v) is 9.78. The van der Waals surface area contributed by atoms with Crippen LogP contribution < -0.4 is 9.47 Å². The highest BCUT2D eigenvalue weighted by Crippen LogP contribution is 2.22. The number of benzene rings is 2. The molecule has 6 heteroatoms. The van der Waals surface area contributed by atoms with Gasteiger partial charge in [-0.05, 0) is 49.9 Å². The molecule has 0 bridgehead atoms. The summed E-state index contributed by atoms with van der Waals surface area (Å²) < 4.78 is 47.8. The first-order chi connectivity index (χ1) is 13.7. The Morgan fingerprint density at radius 2 is 1.07 bits per heavy atom. The van der Waals surface area contributed by atoms with Crippen LogP contribution >= 0.6 is 0 Å². The van der Waals surface area contributed by atoms with Gasteiger partial charge in [-0.15, -0.1) is 0 Å². The molecule has 152 valence electrons. The van der Waals surface area contributed by atoms with Crippen molar-refractivity contribution < 1.29 is 27.7 Å². The first-order valence-electron chi connectivity index (χ1n) is 9.78. The molecule has 2 aliphatic rings. The zero-order valence-electron chi connectivity index (χ0n) is 15.8. The normalized spacial score (nSPS) is 21.9. The van der Waals surface area contributed by atoms with Crippen molar-refractivity contribution in [2.24, 2.45) is 0 Å². The van der Waals surface area contributed by atoms with Crippen molar-refractivity contribution in [2.75, 3.05) is 13.2 Å². The first kappa shape index (κ1) is 20.6. The zero-order chi connectivity index (χ0) is 19.6. The van der Waals surface area contributed by atoms with Crippen LogP contribution in [0.5, 0.6) is 11.5 Å². The van der Waals surface area contributed by atoms with Crippen molar-refractivity contribution in [3.8, 4) is 11.5 Å². The second kappa shape index (κ2) is 11.0. The van der Waals surface area contributed by atoms with Crippen LogP contribution in [0, 0.1) is 11.6 Å². The van der Waals surface area contributed by atoms with Gasteiger partial charge in [-0.2, -0.15) is 0 Å². The highest BCUT2D eigenvalue weighted by molar-refractivity contribution is 5.24. The van der Waals surface area contributed by atoms with Crippen LogP contribution in [0.15, 0.2) is 48.5 Å². The van der Waals surface area contributed by atoms with Gasteiger partial charge in [0.05, 0.1) is 13.2 Å². The van der Waals surface area contributed by atoms with Crippen LogP contribution in [0.1, 0.15) is 38.5 Å². The highest BCUT2D eigenvalue weighted by Gasteiger charge is 2.17. The standard InChI is InChI=1S/2C11H13FO2/c2*12-9-5-1-2-6-10(9)14-11-7-3-4-8-13-11/h2*1-2,5-6,11H,3-4,7-8H2. The molecule has 0 aliphatic carbocycles. The summed E-state index contributed by atoms with van der Waals surface area (Å²) in [5.74, 6) is -0.109. The van der Waals surface area contributed by atoms with E-state index in [1.807, 2.05) is 0 Å². The van der Waals surface area contributed by atoms with Gasteiger partial charge in [0.15, 0.2) is 35.7 Å². The lowest BCUT2D eigenvalue weighted by Crippen LogP contribution is -2.25. The highest BCUT2D eigenvalue weighted by atomic mass is 19.1. The summed E-state index contributed by atoms with van der Waals surface area (Å²) >= 11 is 0.